The van der Waals surface area contributed by atoms with E-state index in [0.717, 1.165) is 24.8 Å². The molecule has 10 heteroatoms. The molecule has 1 aliphatic rings. The van der Waals surface area contributed by atoms with Crippen molar-refractivity contribution in [1.29, 1.82) is 0 Å². The molecule has 166 valence electrons. The van der Waals surface area contributed by atoms with Gasteiger partial charge in [-0.1, -0.05) is 29.3 Å². The Morgan fingerprint density at radius 2 is 2.00 bits per heavy atom. The Balaban J connectivity index is 1.63. The third-order valence-corrected chi connectivity index (χ3v) is 7.04. The van der Waals surface area contributed by atoms with E-state index < -0.39 is 10.0 Å². The molecule has 0 saturated carbocycles. The number of fused-ring (bicyclic) bond motifs is 3. The van der Waals surface area contributed by atoms with Gasteiger partial charge in [0, 0.05) is 18.0 Å². The lowest BCUT2D eigenvalue weighted by atomic mass is 10.2. The Morgan fingerprint density at radius 3 is 2.75 bits per heavy atom. The van der Waals surface area contributed by atoms with Crippen molar-refractivity contribution in [3.05, 3.63) is 59.4 Å². The van der Waals surface area contributed by atoms with Gasteiger partial charge in [0.25, 0.3) is 10.0 Å². The largest absolute Gasteiger partial charge is 0.461 e. The zero-order valence-electron chi connectivity index (χ0n) is 17.3. The first-order chi connectivity index (χ1) is 15.4. The van der Waals surface area contributed by atoms with Gasteiger partial charge in [0.2, 0.25) is 5.95 Å². The fourth-order valence-electron chi connectivity index (χ4n) is 3.71. The maximum Gasteiger partial charge on any atom is 0.264 e. The van der Waals surface area contributed by atoms with Crippen LogP contribution in [0.1, 0.15) is 24.8 Å². The Bertz CT molecular complexity index is 1400. The van der Waals surface area contributed by atoms with E-state index in [9.17, 15) is 8.42 Å². The second-order valence-electron chi connectivity index (χ2n) is 7.67. The molecular formula is C22H21ClN4O4S. The molecule has 0 spiro atoms. The third-order valence-electron chi connectivity index (χ3n) is 5.37. The van der Waals surface area contributed by atoms with Crippen molar-refractivity contribution in [2.75, 3.05) is 11.3 Å². The predicted octanol–water partition coefficient (Wildman–Crippen LogP) is 4.55. The quantitative estimate of drug-likeness (QED) is 0.458. The molecule has 32 heavy (non-hydrogen) atoms. The molecule has 1 aliphatic heterocycles. The monoisotopic (exact) mass is 472 g/mol. The highest BCUT2D eigenvalue weighted by Gasteiger charge is 2.23. The van der Waals surface area contributed by atoms with Gasteiger partial charge < -0.3 is 9.47 Å². The molecule has 1 aromatic carbocycles. The number of benzene rings is 1. The predicted molar refractivity (Wildman–Crippen MR) is 122 cm³/mol. The first-order valence-electron chi connectivity index (χ1n) is 10.2. The summed E-state index contributed by atoms with van der Waals surface area (Å²) in [6.07, 6.45) is 5.46. The normalized spacial score (nSPS) is 17.0. The van der Waals surface area contributed by atoms with Gasteiger partial charge in [-0.3, -0.25) is 4.40 Å². The minimum atomic E-state index is -3.88. The highest BCUT2D eigenvalue weighted by Crippen LogP contribution is 2.34. The number of rotatable bonds is 5. The van der Waals surface area contributed by atoms with E-state index in [1.807, 2.05) is 13.0 Å². The van der Waals surface area contributed by atoms with Crippen LogP contribution in [0.4, 0.5) is 5.95 Å². The number of nitrogens with zero attached hydrogens (tertiary/aromatic N) is 3. The molecule has 0 radical (unpaired) electrons. The van der Waals surface area contributed by atoms with Crippen LogP contribution in [0.15, 0.2) is 53.7 Å². The Labute approximate surface area is 190 Å². The van der Waals surface area contributed by atoms with E-state index in [2.05, 4.69) is 14.7 Å². The number of halogens is 1. The van der Waals surface area contributed by atoms with Gasteiger partial charge in [-0.15, -0.1) is 0 Å². The highest BCUT2D eigenvalue weighted by atomic mass is 35.5. The van der Waals surface area contributed by atoms with Crippen molar-refractivity contribution in [3.8, 4) is 5.75 Å². The number of pyridine rings is 1. The van der Waals surface area contributed by atoms with Crippen molar-refractivity contribution in [1.82, 2.24) is 14.4 Å². The lowest BCUT2D eigenvalue weighted by Crippen LogP contribution is -2.25. The van der Waals surface area contributed by atoms with E-state index in [-0.39, 0.29) is 17.1 Å². The molecule has 4 aromatic rings. The summed E-state index contributed by atoms with van der Waals surface area (Å²) < 4.78 is 42.0. The molecule has 1 fully saturated rings. The highest BCUT2D eigenvalue weighted by molar-refractivity contribution is 7.92. The van der Waals surface area contributed by atoms with Crippen LogP contribution in [-0.2, 0) is 14.8 Å². The van der Waals surface area contributed by atoms with Gasteiger partial charge >= 0.3 is 0 Å². The molecule has 5 rings (SSSR count). The fraction of sp³-hybridized carbons (Fsp3) is 0.273. The van der Waals surface area contributed by atoms with Crippen LogP contribution in [-0.4, -0.2) is 35.7 Å². The molecule has 1 unspecified atom stereocenters. The number of nitrogens with one attached hydrogen (secondary N) is 1. The van der Waals surface area contributed by atoms with Crippen LogP contribution >= 0.6 is 11.6 Å². The molecule has 4 heterocycles. The smallest absolute Gasteiger partial charge is 0.264 e. The molecular weight excluding hydrogens is 452 g/mol. The van der Waals surface area contributed by atoms with Gasteiger partial charge in [0.1, 0.15) is 5.65 Å². The van der Waals surface area contributed by atoms with E-state index in [1.165, 1.54) is 6.20 Å². The van der Waals surface area contributed by atoms with E-state index >= 15 is 0 Å². The van der Waals surface area contributed by atoms with E-state index in [1.54, 1.807) is 40.9 Å². The Hall–Kier alpha value is -2.88. The standard InChI is InChI=1S/C22H21ClN4O4S/c1-14-5-7-15(8-6-14)32(28,29)26-22-25-13-19(31-20-4-2-3-11-30-20)18-12-16-17(23)9-10-24-21(16)27(18)22/h5-10,12-13,20H,2-4,11H2,1H3,(H,25,26). The van der Waals surface area contributed by atoms with Gasteiger partial charge in [0.05, 0.1) is 28.2 Å². The molecule has 1 saturated heterocycles. The molecule has 3 aromatic heterocycles. The van der Waals surface area contributed by atoms with Crippen LogP contribution in [0.25, 0.3) is 16.6 Å². The molecule has 0 aliphatic carbocycles. The summed E-state index contributed by atoms with van der Waals surface area (Å²) in [5, 5.41) is 1.15. The number of anilines is 1. The van der Waals surface area contributed by atoms with E-state index in [0.29, 0.717) is 33.9 Å². The molecule has 8 nitrogen and oxygen atoms in total. The Morgan fingerprint density at radius 1 is 1.19 bits per heavy atom. The summed E-state index contributed by atoms with van der Waals surface area (Å²) in [6.45, 7) is 2.53. The SMILES string of the molecule is Cc1ccc(S(=O)(=O)Nc2ncc(OC3CCCCO3)c3cc4c(Cl)ccnc4n23)cc1. The topological polar surface area (TPSA) is 94.8 Å². The maximum absolute atomic E-state index is 13.0. The van der Waals surface area contributed by atoms with Crippen molar-refractivity contribution in [3.63, 3.8) is 0 Å². The minimum absolute atomic E-state index is 0.0854. The number of sulfonamides is 1. The zero-order valence-corrected chi connectivity index (χ0v) is 18.9. The van der Waals surface area contributed by atoms with Crippen LogP contribution in [0.3, 0.4) is 0 Å². The fourth-order valence-corrected chi connectivity index (χ4v) is 4.90. The first kappa shape index (κ1) is 21.0. The van der Waals surface area contributed by atoms with Crippen molar-refractivity contribution in [2.45, 2.75) is 37.4 Å². The van der Waals surface area contributed by atoms with Crippen molar-refractivity contribution >= 4 is 44.1 Å². The zero-order chi connectivity index (χ0) is 22.3. The summed E-state index contributed by atoms with van der Waals surface area (Å²) in [6, 6.07) is 10.1. The number of hydrogen-bond donors (Lipinski definition) is 1. The number of hydrogen-bond acceptors (Lipinski definition) is 6. The number of aryl methyl sites for hydroxylation is 1. The maximum atomic E-state index is 13.0. The lowest BCUT2D eigenvalue weighted by molar-refractivity contribution is -0.105. The second-order valence-corrected chi connectivity index (χ2v) is 9.76. The molecule has 1 atom stereocenters. The lowest BCUT2D eigenvalue weighted by Gasteiger charge is -2.23. The van der Waals surface area contributed by atoms with Gasteiger partial charge in [-0.2, -0.15) is 0 Å². The first-order valence-corrected chi connectivity index (χ1v) is 12.1. The van der Waals surface area contributed by atoms with Crippen LogP contribution in [0.2, 0.25) is 5.02 Å². The average Bonchev–Trinajstić information content (AvgIpc) is 3.18. The molecule has 0 amide bonds. The van der Waals surface area contributed by atoms with Crippen molar-refractivity contribution < 1.29 is 17.9 Å². The minimum Gasteiger partial charge on any atom is -0.461 e. The summed E-state index contributed by atoms with van der Waals surface area (Å²) in [5.74, 6) is 0.548. The summed E-state index contributed by atoms with van der Waals surface area (Å²) in [4.78, 5) is 8.91. The second kappa shape index (κ2) is 8.23. The molecule has 0 bridgehead atoms. The van der Waals surface area contributed by atoms with Gasteiger partial charge in [-0.25, -0.2) is 23.1 Å². The number of ether oxygens (including phenoxy) is 2. The van der Waals surface area contributed by atoms with Gasteiger partial charge in [0.15, 0.2) is 12.0 Å². The average molecular weight is 473 g/mol. The van der Waals surface area contributed by atoms with Crippen LogP contribution in [0, 0.1) is 6.92 Å². The Kier molecular flexibility index (Phi) is 5.40. The van der Waals surface area contributed by atoms with Crippen LogP contribution in [0.5, 0.6) is 5.75 Å². The van der Waals surface area contributed by atoms with E-state index in [4.69, 9.17) is 21.1 Å². The molecule has 1 N–H and O–H groups in total. The third kappa shape index (κ3) is 3.87. The van der Waals surface area contributed by atoms with Crippen molar-refractivity contribution in [2.24, 2.45) is 0 Å². The van der Waals surface area contributed by atoms with Gasteiger partial charge in [-0.05, 0) is 44.0 Å². The number of aromatic nitrogens is 3. The summed E-state index contributed by atoms with van der Waals surface area (Å²) in [5.41, 5.74) is 2.02. The summed E-state index contributed by atoms with van der Waals surface area (Å²) >= 11 is 6.39. The summed E-state index contributed by atoms with van der Waals surface area (Å²) in [7, 11) is -3.88. The van der Waals surface area contributed by atoms with Crippen LogP contribution < -0.4 is 9.46 Å².